The Hall–Kier alpha value is -2.80. The average Bonchev–Trinajstić information content (AvgIpc) is 3.23. The molecule has 28 heavy (non-hydrogen) atoms. The molecule has 7 heteroatoms. The number of rotatable bonds is 4. The molecule has 1 saturated heterocycles. The molecule has 3 amide bonds. The molecule has 1 aliphatic carbocycles. The van der Waals surface area contributed by atoms with Crippen molar-refractivity contribution in [2.24, 2.45) is 0 Å². The van der Waals surface area contributed by atoms with E-state index in [-0.39, 0.29) is 23.1 Å². The van der Waals surface area contributed by atoms with Crippen molar-refractivity contribution in [2.75, 3.05) is 0 Å². The zero-order chi connectivity index (χ0) is 19.5. The number of carbonyl (C=O) groups excluding carboxylic acids is 3. The number of fused-ring (bicyclic) bond motifs is 1. The molecule has 0 bridgehead atoms. The highest BCUT2D eigenvalue weighted by Crippen LogP contribution is 2.28. The highest BCUT2D eigenvalue weighted by molar-refractivity contribution is 8.18. The second-order valence-corrected chi connectivity index (χ2v) is 7.99. The van der Waals surface area contributed by atoms with Gasteiger partial charge in [0.1, 0.15) is 5.58 Å². The molecule has 1 aromatic carbocycles. The van der Waals surface area contributed by atoms with Crippen LogP contribution in [0.25, 0.3) is 23.1 Å². The molecule has 2 heterocycles. The van der Waals surface area contributed by atoms with Crippen LogP contribution >= 0.6 is 11.8 Å². The summed E-state index contributed by atoms with van der Waals surface area (Å²) in [5.41, 5.74) is 2.25. The zero-order valence-corrected chi connectivity index (χ0v) is 16.0. The van der Waals surface area contributed by atoms with Gasteiger partial charge in [0.15, 0.2) is 0 Å². The first kappa shape index (κ1) is 18.6. The third-order valence-electron chi connectivity index (χ3n) is 4.93. The van der Waals surface area contributed by atoms with Gasteiger partial charge in [0.05, 0.1) is 11.2 Å². The minimum Gasteiger partial charge on any atom is -0.464 e. The normalized spacial score (nSPS) is 19.6. The summed E-state index contributed by atoms with van der Waals surface area (Å²) in [6, 6.07) is 5.77. The van der Waals surface area contributed by atoms with Crippen molar-refractivity contribution in [1.29, 1.82) is 0 Å². The topological polar surface area (TPSA) is 88.4 Å². The fourth-order valence-corrected chi connectivity index (χ4v) is 4.20. The lowest BCUT2D eigenvalue weighted by atomic mass is 9.95. The fourth-order valence-electron chi connectivity index (χ4n) is 3.52. The predicted molar refractivity (Wildman–Crippen MR) is 109 cm³/mol. The summed E-state index contributed by atoms with van der Waals surface area (Å²) in [5.74, 6) is -0.487. The molecule has 4 rings (SSSR count). The van der Waals surface area contributed by atoms with Crippen LogP contribution < -0.4 is 10.6 Å². The van der Waals surface area contributed by atoms with Gasteiger partial charge in [-0.2, -0.15) is 0 Å². The van der Waals surface area contributed by atoms with Crippen LogP contribution in [0.3, 0.4) is 0 Å². The maximum absolute atomic E-state index is 12.2. The molecule has 0 atom stereocenters. The van der Waals surface area contributed by atoms with Crippen LogP contribution in [0.4, 0.5) is 4.79 Å². The van der Waals surface area contributed by atoms with Crippen LogP contribution in [-0.4, -0.2) is 23.1 Å². The molecule has 144 valence electrons. The lowest BCUT2D eigenvalue weighted by Crippen LogP contribution is -2.34. The largest absolute Gasteiger partial charge is 0.464 e. The summed E-state index contributed by atoms with van der Waals surface area (Å²) in [6.45, 7) is 0. The summed E-state index contributed by atoms with van der Waals surface area (Å²) in [7, 11) is 0. The van der Waals surface area contributed by atoms with E-state index >= 15 is 0 Å². The SMILES string of the molecule is O=C(/C=C/c1coc2ccc(/C=C3\SC(=O)NC3=O)cc12)NC1CCCCC1. The number of nitrogens with one attached hydrogen (secondary N) is 2. The number of hydrogen-bond donors (Lipinski definition) is 2. The second kappa shape index (κ2) is 8.06. The smallest absolute Gasteiger partial charge is 0.290 e. The average molecular weight is 396 g/mol. The Labute approximate surface area is 166 Å². The minimum absolute atomic E-state index is 0.0999. The summed E-state index contributed by atoms with van der Waals surface area (Å²) in [4.78, 5) is 35.6. The van der Waals surface area contributed by atoms with Gasteiger partial charge in [-0.05, 0) is 54.5 Å². The molecule has 2 N–H and O–H groups in total. The van der Waals surface area contributed by atoms with Crippen molar-refractivity contribution in [3.8, 4) is 0 Å². The Morgan fingerprint density at radius 2 is 2.04 bits per heavy atom. The number of furan rings is 1. The monoisotopic (exact) mass is 396 g/mol. The number of hydrogen-bond acceptors (Lipinski definition) is 5. The van der Waals surface area contributed by atoms with Crippen LogP contribution in [0.15, 0.2) is 39.9 Å². The quantitative estimate of drug-likeness (QED) is 0.756. The predicted octanol–water partition coefficient (Wildman–Crippen LogP) is 4.22. The highest BCUT2D eigenvalue weighted by atomic mass is 32.2. The minimum atomic E-state index is -0.387. The van der Waals surface area contributed by atoms with E-state index in [1.807, 2.05) is 12.1 Å². The Morgan fingerprint density at radius 1 is 1.21 bits per heavy atom. The molecule has 1 aliphatic heterocycles. The lowest BCUT2D eigenvalue weighted by molar-refractivity contribution is -0.117. The van der Waals surface area contributed by atoms with Gasteiger partial charge < -0.3 is 9.73 Å². The van der Waals surface area contributed by atoms with E-state index in [0.29, 0.717) is 10.5 Å². The Kier molecular flexibility index (Phi) is 5.34. The zero-order valence-electron chi connectivity index (χ0n) is 15.2. The van der Waals surface area contributed by atoms with Crippen LogP contribution in [0, 0.1) is 0 Å². The van der Waals surface area contributed by atoms with Gasteiger partial charge in [-0.25, -0.2) is 0 Å². The molecule has 2 aromatic rings. The second-order valence-electron chi connectivity index (χ2n) is 6.98. The number of imide groups is 1. The third kappa shape index (κ3) is 4.20. The van der Waals surface area contributed by atoms with Gasteiger partial charge in [0.2, 0.25) is 5.91 Å². The van der Waals surface area contributed by atoms with Gasteiger partial charge in [-0.3, -0.25) is 19.7 Å². The molecule has 2 fully saturated rings. The van der Waals surface area contributed by atoms with Crippen molar-refractivity contribution in [1.82, 2.24) is 10.6 Å². The number of carbonyl (C=O) groups is 3. The van der Waals surface area contributed by atoms with Crippen molar-refractivity contribution in [3.63, 3.8) is 0 Å². The molecule has 2 aliphatic rings. The van der Waals surface area contributed by atoms with Crippen molar-refractivity contribution in [3.05, 3.63) is 46.6 Å². The Bertz CT molecular complexity index is 999. The van der Waals surface area contributed by atoms with Crippen LogP contribution in [0.1, 0.15) is 43.2 Å². The Morgan fingerprint density at radius 3 is 2.79 bits per heavy atom. The molecular formula is C21H20N2O4S. The van der Waals surface area contributed by atoms with Crippen molar-refractivity contribution in [2.45, 2.75) is 38.1 Å². The van der Waals surface area contributed by atoms with Crippen molar-refractivity contribution >= 4 is 51.9 Å². The van der Waals surface area contributed by atoms with Gasteiger partial charge in [0.25, 0.3) is 11.1 Å². The van der Waals surface area contributed by atoms with Crippen LogP contribution in [-0.2, 0) is 9.59 Å². The number of thioether (sulfide) groups is 1. The molecule has 0 unspecified atom stereocenters. The van der Waals surface area contributed by atoms with E-state index < -0.39 is 0 Å². The lowest BCUT2D eigenvalue weighted by Gasteiger charge is -2.21. The summed E-state index contributed by atoms with van der Waals surface area (Å²) in [6.07, 6.45) is 12.2. The first-order chi connectivity index (χ1) is 13.6. The first-order valence-corrected chi connectivity index (χ1v) is 10.1. The van der Waals surface area contributed by atoms with E-state index in [1.54, 1.807) is 24.5 Å². The van der Waals surface area contributed by atoms with Crippen molar-refractivity contribution < 1.29 is 18.8 Å². The number of amides is 3. The fraction of sp³-hybridized carbons (Fsp3) is 0.286. The molecule has 1 saturated carbocycles. The Balaban J connectivity index is 1.51. The molecule has 6 nitrogen and oxygen atoms in total. The number of benzene rings is 1. The van der Waals surface area contributed by atoms with E-state index in [1.165, 1.54) is 25.3 Å². The molecule has 0 radical (unpaired) electrons. The van der Waals surface area contributed by atoms with E-state index in [9.17, 15) is 14.4 Å². The van der Waals surface area contributed by atoms with Crippen LogP contribution in [0.2, 0.25) is 0 Å². The maximum Gasteiger partial charge on any atom is 0.290 e. The highest BCUT2D eigenvalue weighted by Gasteiger charge is 2.25. The van der Waals surface area contributed by atoms with E-state index in [4.69, 9.17) is 4.42 Å². The maximum atomic E-state index is 12.2. The standard InChI is InChI=1S/C21H20N2O4S/c24-19(22-15-4-2-1-3-5-15)9-7-14-12-27-17-8-6-13(10-16(14)17)11-18-20(25)23-21(26)28-18/h6-12,15H,1-5H2,(H,22,24)(H,23,25,26)/b9-7+,18-11-. The summed E-state index contributed by atoms with van der Waals surface area (Å²) < 4.78 is 5.55. The molecule has 0 spiro atoms. The summed E-state index contributed by atoms with van der Waals surface area (Å²) in [5, 5.41) is 5.76. The third-order valence-corrected chi connectivity index (χ3v) is 5.74. The van der Waals surface area contributed by atoms with E-state index in [2.05, 4.69) is 10.6 Å². The summed E-state index contributed by atoms with van der Waals surface area (Å²) >= 11 is 0.882. The molecule has 1 aromatic heterocycles. The van der Waals surface area contributed by atoms with Crippen LogP contribution in [0.5, 0.6) is 0 Å². The first-order valence-electron chi connectivity index (χ1n) is 9.33. The van der Waals surface area contributed by atoms with Gasteiger partial charge in [-0.15, -0.1) is 0 Å². The van der Waals surface area contributed by atoms with Gasteiger partial charge >= 0.3 is 0 Å². The van der Waals surface area contributed by atoms with Gasteiger partial charge in [0, 0.05) is 23.1 Å². The van der Waals surface area contributed by atoms with E-state index in [0.717, 1.165) is 41.1 Å². The molecular weight excluding hydrogens is 376 g/mol. The van der Waals surface area contributed by atoms with Gasteiger partial charge in [-0.1, -0.05) is 25.3 Å².